The number of primary amides is 1. The maximum atomic E-state index is 11.6. The molecule has 3 rings (SSSR count). The van der Waals surface area contributed by atoms with Crippen LogP contribution < -0.4 is 15.8 Å². The molecule has 0 bridgehead atoms. The van der Waals surface area contributed by atoms with Gasteiger partial charge in [0.25, 0.3) is 5.91 Å². The highest BCUT2D eigenvalue weighted by Crippen LogP contribution is 2.23. The quantitative estimate of drug-likeness (QED) is 0.628. The van der Waals surface area contributed by atoms with Crippen LogP contribution in [0.2, 0.25) is 5.02 Å². The molecule has 9 heteroatoms. The van der Waals surface area contributed by atoms with E-state index in [9.17, 15) is 4.79 Å². The van der Waals surface area contributed by atoms with Gasteiger partial charge >= 0.3 is 0 Å². The van der Waals surface area contributed by atoms with E-state index in [1.165, 1.54) is 7.11 Å². The molecule has 0 saturated heterocycles. The summed E-state index contributed by atoms with van der Waals surface area (Å²) in [4.78, 5) is 28.6. The summed E-state index contributed by atoms with van der Waals surface area (Å²) < 4.78 is 5.05. The first-order valence-electron chi connectivity index (χ1n) is 8.50. The van der Waals surface area contributed by atoms with E-state index in [1.54, 1.807) is 36.9 Å². The van der Waals surface area contributed by atoms with Crippen molar-refractivity contribution in [1.82, 2.24) is 19.9 Å². The first-order chi connectivity index (χ1) is 13.5. The van der Waals surface area contributed by atoms with Crippen molar-refractivity contribution in [1.29, 1.82) is 0 Å². The summed E-state index contributed by atoms with van der Waals surface area (Å²) in [6.45, 7) is 1.99. The van der Waals surface area contributed by atoms with Crippen LogP contribution in [0.3, 0.4) is 0 Å². The average molecular weight is 399 g/mol. The number of hydrogen-bond donors (Lipinski definition) is 2. The molecule has 1 amide bonds. The third kappa shape index (κ3) is 4.52. The Kier molecular flexibility index (Phi) is 6.00. The number of ether oxygens (including phenoxy) is 1. The number of hydrogen-bond acceptors (Lipinski definition) is 7. The molecule has 0 fully saturated rings. The Morgan fingerprint density at radius 3 is 2.57 bits per heavy atom. The van der Waals surface area contributed by atoms with Gasteiger partial charge in [0, 0.05) is 48.4 Å². The number of nitrogens with two attached hydrogens (primary N) is 1. The minimum Gasteiger partial charge on any atom is -0.480 e. The highest BCUT2D eigenvalue weighted by molar-refractivity contribution is 6.31. The number of pyridine rings is 2. The number of carbonyl (C=O) groups excluding carboxylic acids is 1. The molecule has 0 aliphatic carbocycles. The number of anilines is 1. The van der Waals surface area contributed by atoms with Crippen molar-refractivity contribution < 1.29 is 9.53 Å². The molecular weight excluding hydrogens is 380 g/mol. The van der Waals surface area contributed by atoms with Crippen molar-refractivity contribution in [2.45, 2.75) is 19.4 Å². The summed E-state index contributed by atoms with van der Waals surface area (Å²) in [6.07, 6.45) is 7.20. The Labute approximate surface area is 167 Å². The van der Waals surface area contributed by atoms with Crippen LogP contribution in [0.4, 0.5) is 5.95 Å². The molecular formula is C19H19ClN6O2. The molecule has 1 atom stereocenters. The van der Waals surface area contributed by atoms with E-state index in [2.05, 4.69) is 25.3 Å². The van der Waals surface area contributed by atoms with Gasteiger partial charge in [-0.25, -0.2) is 15.0 Å². The summed E-state index contributed by atoms with van der Waals surface area (Å²) in [7, 11) is 1.43. The fourth-order valence-corrected chi connectivity index (χ4v) is 2.83. The Hall–Kier alpha value is -3.26. The number of carbonyl (C=O) groups is 1. The van der Waals surface area contributed by atoms with Crippen molar-refractivity contribution in [2.75, 3.05) is 12.4 Å². The highest BCUT2D eigenvalue weighted by Gasteiger charge is 2.13. The smallest absolute Gasteiger partial charge is 0.254 e. The Morgan fingerprint density at radius 1 is 1.21 bits per heavy atom. The van der Waals surface area contributed by atoms with Gasteiger partial charge in [-0.05, 0) is 25.1 Å². The second kappa shape index (κ2) is 8.62. The van der Waals surface area contributed by atoms with Gasteiger partial charge < -0.3 is 15.8 Å². The van der Waals surface area contributed by atoms with E-state index in [1.807, 2.05) is 13.0 Å². The molecule has 144 valence electrons. The summed E-state index contributed by atoms with van der Waals surface area (Å²) in [5.74, 6) is 0.0322. The number of halogens is 1. The van der Waals surface area contributed by atoms with Gasteiger partial charge in [-0.2, -0.15) is 0 Å². The predicted molar refractivity (Wildman–Crippen MR) is 106 cm³/mol. The van der Waals surface area contributed by atoms with Crippen LogP contribution in [-0.4, -0.2) is 39.0 Å². The van der Waals surface area contributed by atoms with E-state index in [-0.39, 0.29) is 17.5 Å². The largest absolute Gasteiger partial charge is 0.480 e. The number of amides is 1. The minimum absolute atomic E-state index is 0.0300. The van der Waals surface area contributed by atoms with Crippen molar-refractivity contribution in [2.24, 2.45) is 5.73 Å². The van der Waals surface area contributed by atoms with Crippen LogP contribution >= 0.6 is 11.6 Å². The van der Waals surface area contributed by atoms with Crippen LogP contribution in [0, 0.1) is 0 Å². The van der Waals surface area contributed by atoms with Gasteiger partial charge in [-0.1, -0.05) is 11.6 Å². The topological polar surface area (TPSA) is 116 Å². The summed E-state index contributed by atoms with van der Waals surface area (Å²) >= 11 is 6.15. The maximum Gasteiger partial charge on any atom is 0.254 e. The average Bonchev–Trinajstić information content (AvgIpc) is 2.69. The molecule has 0 aliphatic heterocycles. The molecule has 3 aromatic rings. The number of rotatable bonds is 7. The standard InChI is InChI=1S/C19H19ClN6O2/c1-11(6-16-15(20)4-3-5-22-16)26-19-24-9-13(10-25-19)12-7-14(17(21)27)18(28-2)23-8-12/h3-5,7-11H,6H2,1-2H3,(H2,21,27)(H,24,25,26). The van der Waals surface area contributed by atoms with Crippen LogP contribution in [0.25, 0.3) is 11.1 Å². The summed E-state index contributed by atoms with van der Waals surface area (Å²) in [5, 5.41) is 3.84. The number of nitrogens with one attached hydrogen (secondary N) is 1. The van der Waals surface area contributed by atoms with Gasteiger partial charge in [0.05, 0.1) is 17.8 Å². The van der Waals surface area contributed by atoms with Crippen molar-refractivity contribution in [3.05, 3.63) is 59.3 Å². The number of methoxy groups -OCH3 is 1. The van der Waals surface area contributed by atoms with Gasteiger partial charge in [0.2, 0.25) is 11.8 Å². The first-order valence-corrected chi connectivity index (χ1v) is 8.88. The third-order valence-electron chi connectivity index (χ3n) is 4.00. The molecule has 0 spiro atoms. The van der Waals surface area contributed by atoms with E-state index in [0.717, 1.165) is 5.69 Å². The first kappa shape index (κ1) is 19.5. The lowest BCUT2D eigenvalue weighted by Gasteiger charge is -2.14. The lowest BCUT2D eigenvalue weighted by molar-refractivity contribution is 0.0996. The lowest BCUT2D eigenvalue weighted by atomic mass is 10.1. The molecule has 0 aromatic carbocycles. The number of nitrogens with zero attached hydrogens (tertiary/aromatic N) is 4. The van der Waals surface area contributed by atoms with Gasteiger partial charge in [-0.15, -0.1) is 0 Å². The third-order valence-corrected chi connectivity index (χ3v) is 4.35. The fraction of sp³-hybridized carbons (Fsp3) is 0.211. The Balaban J connectivity index is 1.72. The molecule has 28 heavy (non-hydrogen) atoms. The molecule has 1 unspecified atom stereocenters. The predicted octanol–water partition coefficient (Wildman–Crippen LogP) is 2.74. The van der Waals surface area contributed by atoms with Crippen LogP contribution in [-0.2, 0) is 6.42 Å². The van der Waals surface area contributed by atoms with Gasteiger partial charge in [-0.3, -0.25) is 9.78 Å². The molecule has 8 nitrogen and oxygen atoms in total. The molecule has 0 radical (unpaired) electrons. The zero-order valence-corrected chi connectivity index (χ0v) is 16.1. The Bertz CT molecular complexity index is 980. The van der Waals surface area contributed by atoms with E-state index in [0.29, 0.717) is 28.5 Å². The molecule has 0 saturated carbocycles. The monoisotopic (exact) mass is 398 g/mol. The Morgan fingerprint density at radius 2 is 1.93 bits per heavy atom. The molecule has 3 N–H and O–H groups in total. The minimum atomic E-state index is -0.618. The summed E-state index contributed by atoms with van der Waals surface area (Å²) in [6, 6.07) is 5.24. The highest BCUT2D eigenvalue weighted by atomic mass is 35.5. The van der Waals surface area contributed by atoms with Crippen LogP contribution in [0.15, 0.2) is 43.0 Å². The van der Waals surface area contributed by atoms with Gasteiger partial charge in [0.15, 0.2) is 0 Å². The van der Waals surface area contributed by atoms with Crippen LogP contribution in [0.1, 0.15) is 23.0 Å². The normalized spacial score (nSPS) is 11.7. The van der Waals surface area contributed by atoms with E-state index in [4.69, 9.17) is 22.1 Å². The molecule has 3 aromatic heterocycles. The van der Waals surface area contributed by atoms with E-state index >= 15 is 0 Å². The molecule has 0 aliphatic rings. The number of aromatic nitrogens is 4. The van der Waals surface area contributed by atoms with Crippen LogP contribution in [0.5, 0.6) is 5.88 Å². The second-order valence-electron chi connectivity index (χ2n) is 6.12. The summed E-state index contributed by atoms with van der Waals surface area (Å²) in [5.41, 5.74) is 7.74. The van der Waals surface area contributed by atoms with Crippen molar-refractivity contribution in [3.63, 3.8) is 0 Å². The fourth-order valence-electron chi connectivity index (χ4n) is 2.63. The molecule has 3 heterocycles. The zero-order chi connectivity index (χ0) is 20.1. The maximum absolute atomic E-state index is 11.6. The second-order valence-corrected chi connectivity index (χ2v) is 6.53. The van der Waals surface area contributed by atoms with Gasteiger partial charge in [0.1, 0.15) is 5.56 Å². The van der Waals surface area contributed by atoms with Crippen molar-refractivity contribution >= 4 is 23.5 Å². The zero-order valence-electron chi connectivity index (χ0n) is 15.4. The van der Waals surface area contributed by atoms with Crippen molar-refractivity contribution in [3.8, 4) is 17.0 Å². The lowest BCUT2D eigenvalue weighted by Crippen LogP contribution is -2.20. The van der Waals surface area contributed by atoms with E-state index < -0.39 is 5.91 Å². The SMILES string of the molecule is COc1ncc(-c2cnc(NC(C)Cc3ncccc3Cl)nc2)cc1C(N)=O.